The molecule has 0 unspecified atom stereocenters. The van der Waals surface area contributed by atoms with Crippen LogP contribution in [0.5, 0.6) is 0 Å². The number of nitrogens with zero attached hydrogens (tertiary/aromatic N) is 2. The van der Waals surface area contributed by atoms with Crippen LogP contribution in [0.3, 0.4) is 0 Å². The number of aliphatic hydroxyl groups is 2. The molecule has 19 nitrogen and oxygen atoms in total. The van der Waals surface area contributed by atoms with Crippen molar-refractivity contribution in [3.05, 3.63) is 35.9 Å². The maximum Gasteiger partial charge on any atom is 0.509 e. The number of hydrogen-bond acceptors (Lipinski definition) is 17. The molecule has 4 aliphatic rings. The van der Waals surface area contributed by atoms with Crippen LogP contribution in [0.25, 0.3) is 0 Å². The third-order valence-corrected chi connectivity index (χ3v) is 15.3. The van der Waals surface area contributed by atoms with Crippen molar-refractivity contribution in [3.8, 4) is 0 Å². The molecule has 18 atom stereocenters. The molecule has 4 heterocycles. The summed E-state index contributed by atoms with van der Waals surface area (Å²) >= 11 is 0. The summed E-state index contributed by atoms with van der Waals surface area (Å²) in [4.78, 5) is 57.3. The van der Waals surface area contributed by atoms with Crippen LogP contribution in [0, 0.1) is 17.8 Å². The molecule has 0 saturated carbocycles. The molecule has 71 heavy (non-hydrogen) atoms. The SMILES string of the molecule is CC[C@H]1OC(=O)[C@H](C)[C@H](O[C@H]2C[C@@](C)(OC)[C@@H](OC(=O)NCCCC(=O)NCCc3ccccc3)[C@H](C)O2)[C@H](C)[C@@H](O[C@@H]2O[C@H](C)C[C@H](N(C)C)[C@H]2O)[C@@](C)(O)C[C@@H](C)CN(C)[C@H](C)[C@H]2OC(=O)O[C@@]21C. The first-order valence-corrected chi connectivity index (χ1v) is 25.6. The van der Waals surface area contributed by atoms with E-state index in [2.05, 4.69) is 10.6 Å². The molecule has 4 aliphatic heterocycles. The number of benzene rings is 1. The van der Waals surface area contributed by atoms with Crippen LogP contribution in [0.4, 0.5) is 9.59 Å². The summed E-state index contributed by atoms with van der Waals surface area (Å²) in [6, 6.07) is 9.18. The molecular formula is C52H86N4O15. The highest BCUT2D eigenvalue weighted by Crippen LogP contribution is 2.42. The summed E-state index contributed by atoms with van der Waals surface area (Å²) in [5.41, 5.74) is -3.00. The zero-order chi connectivity index (χ0) is 52.6. The van der Waals surface area contributed by atoms with Crippen LogP contribution in [0.2, 0.25) is 0 Å². The number of likely N-dealkylation sites (N-methyl/N-ethyl adjacent to an activating group) is 2. The Bertz CT molecular complexity index is 1900. The van der Waals surface area contributed by atoms with E-state index in [-0.39, 0.29) is 62.2 Å². The molecule has 1 aromatic carbocycles. The lowest BCUT2D eigenvalue weighted by molar-refractivity contribution is -0.317. The van der Waals surface area contributed by atoms with Gasteiger partial charge in [0.05, 0.1) is 35.9 Å². The van der Waals surface area contributed by atoms with Gasteiger partial charge in [-0.05, 0) is 113 Å². The maximum atomic E-state index is 14.7. The predicted octanol–water partition coefficient (Wildman–Crippen LogP) is 4.96. The number of aliphatic hydroxyl groups excluding tert-OH is 1. The predicted molar refractivity (Wildman–Crippen MR) is 262 cm³/mol. The highest BCUT2D eigenvalue weighted by Gasteiger charge is 2.58. The Morgan fingerprint density at radius 2 is 1.62 bits per heavy atom. The van der Waals surface area contributed by atoms with E-state index in [1.165, 1.54) is 7.11 Å². The highest BCUT2D eigenvalue weighted by molar-refractivity contribution is 5.76. The fourth-order valence-corrected chi connectivity index (χ4v) is 11.2. The minimum atomic E-state index is -1.62. The van der Waals surface area contributed by atoms with Crippen LogP contribution in [-0.4, -0.2) is 182 Å². The van der Waals surface area contributed by atoms with Gasteiger partial charge in [0.1, 0.15) is 17.8 Å². The average Bonchev–Trinajstić information content (AvgIpc) is 3.62. The van der Waals surface area contributed by atoms with Gasteiger partial charge >= 0.3 is 18.2 Å². The number of rotatable bonds is 15. The second-order valence-corrected chi connectivity index (χ2v) is 21.6. The topological polar surface area (TPSA) is 222 Å². The fraction of sp³-hybridized carbons (Fsp3) is 0.808. The number of esters is 1. The average molecular weight is 1010 g/mol. The molecule has 1 aromatic rings. The van der Waals surface area contributed by atoms with Gasteiger partial charge in [0.2, 0.25) is 5.91 Å². The molecule has 4 N–H and O–H groups in total. The molecule has 0 aromatic heterocycles. The van der Waals surface area contributed by atoms with Crippen molar-refractivity contribution in [2.24, 2.45) is 17.8 Å². The van der Waals surface area contributed by atoms with E-state index < -0.39 is 102 Å². The second kappa shape index (κ2) is 25.0. The summed E-state index contributed by atoms with van der Waals surface area (Å²) in [5, 5.41) is 30.2. The van der Waals surface area contributed by atoms with Crippen LogP contribution in [0.1, 0.15) is 113 Å². The van der Waals surface area contributed by atoms with Crippen molar-refractivity contribution in [1.29, 1.82) is 0 Å². The molecule has 4 fully saturated rings. The summed E-state index contributed by atoms with van der Waals surface area (Å²) < 4.78 is 56.6. The number of cyclic esters (lactones) is 1. The van der Waals surface area contributed by atoms with Crippen LogP contribution in [-0.2, 0) is 58.6 Å². The largest absolute Gasteiger partial charge is 0.509 e. The first-order valence-electron chi connectivity index (χ1n) is 25.6. The number of methoxy groups -OCH3 is 1. The summed E-state index contributed by atoms with van der Waals surface area (Å²) in [6.07, 6.45) is -8.38. The molecule has 2 amide bonds. The van der Waals surface area contributed by atoms with E-state index in [9.17, 15) is 29.4 Å². The number of fused-ring (bicyclic) bond motifs is 1. The van der Waals surface area contributed by atoms with Gasteiger partial charge in [-0.2, -0.15) is 0 Å². The van der Waals surface area contributed by atoms with Crippen molar-refractivity contribution in [3.63, 3.8) is 0 Å². The Morgan fingerprint density at radius 3 is 2.27 bits per heavy atom. The van der Waals surface area contributed by atoms with Crippen molar-refractivity contribution in [1.82, 2.24) is 20.4 Å². The minimum Gasteiger partial charge on any atom is -0.458 e. The Morgan fingerprint density at radius 1 is 0.930 bits per heavy atom. The minimum absolute atomic E-state index is 0.0419. The number of alkyl carbamates (subject to hydrolysis) is 1. The number of nitrogens with one attached hydrogen (secondary N) is 2. The summed E-state index contributed by atoms with van der Waals surface area (Å²) in [6.45, 7) is 19.3. The normalized spacial score (nSPS) is 39.8. The van der Waals surface area contributed by atoms with Gasteiger partial charge in [0, 0.05) is 57.6 Å². The van der Waals surface area contributed by atoms with Gasteiger partial charge < -0.3 is 68.4 Å². The second-order valence-electron chi connectivity index (χ2n) is 21.6. The van der Waals surface area contributed by atoms with Gasteiger partial charge in [-0.25, -0.2) is 9.59 Å². The van der Waals surface area contributed by atoms with Crippen LogP contribution < -0.4 is 10.6 Å². The summed E-state index contributed by atoms with van der Waals surface area (Å²) in [5.74, 6) is -2.83. The van der Waals surface area contributed by atoms with Crippen molar-refractivity contribution in [2.45, 2.75) is 204 Å². The van der Waals surface area contributed by atoms with E-state index in [0.29, 0.717) is 25.9 Å². The zero-order valence-electron chi connectivity index (χ0n) is 44.7. The summed E-state index contributed by atoms with van der Waals surface area (Å²) in [7, 11) is 7.17. The molecule has 0 aliphatic carbocycles. The van der Waals surface area contributed by atoms with Gasteiger partial charge in [-0.3, -0.25) is 14.5 Å². The van der Waals surface area contributed by atoms with Crippen molar-refractivity contribution >= 4 is 24.1 Å². The van der Waals surface area contributed by atoms with Crippen LogP contribution in [0.15, 0.2) is 30.3 Å². The molecule has 0 spiro atoms. The molecule has 19 heteroatoms. The van der Waals surface area contributed by atoms with Gasteiger partial charge in [0.15, 0.2) is 30.4 Å². The smallest absolute Gasteiger partial charge is 0.458 e. The molecule has 0 radical (unpaired) electrons. The third kappa shape index (κ3) is 14.6. The lowest BCUT2D eigenvalue weighted by Crippen LogP contribution is -2.61. The lowest BCUT2D eigenvalue weighted by Gasteiger charge is -2.49. The number of amides is 2. The molecule has 0 bridgehead atoms. The van der Waals surface area contributed by atoms with Crippen molar-refractivity contribution in [2.75, 3.05) is 47.9 Å². The van der Waals surface area contributed by atoms with Crippen LogP contribution >= 0.6 is 0 Å². The van der Waals surface area contributed by atoms with Gasteiger partial charge in [-0.15, -0.1) is 0 Å². The maximum absolute atomic E-state index is 14.7. The molecule has 404 valence electrons. The van der Waals surface area contributed by atoms with E-state index in [0.717, 1.165) is 12.0 Å². The number of hydrogen-bond donors (Lipinski definition) is 4. The van der Waals surface area contributed by atoms with Gasteiger partial charge in [-0.1, -0.05) is 51.1 Å². The number of ether oxygens (including phenoxy) is 9. The number of carbonyl (C=O) groups excluding carboxylic acids is 4. The molecule has 4 saturated heterocycles. The number of carbonyl (C=O) groups is 4. The van der Waals surface area contributed by atoms with Crippen molar-refractivity contribution < 1.29 is 72.0 Å². The monoisotopic (exact) mass is 1010 g/mol. The first-order chi connectivity index (χ1) is 33.3. The third-order valence-electron chi connectivity index (χ3n) is 15.3. The van der Waals surface area contributed by atoms with E-state index >= 15 is 0 Å². The van der Waals surface area contributed by atoms with Gasteiger partial charge in [0.25, 0.3) is 0 Å². The highest BCUT2D eigenvalue weighted by atomic mass is 16.8. The lowest BCUT2D eigenvalue weighted by atomic mass is 9.77. The fourth-order valence-electron chi connectivity index (χ4n) is 11.2. The van der Waals surface area contributed by atoms with E-state index in [4.69, 9.17) is 42.6 Å². The Hall–Kier alpha value is -3.66. The quantitative estimate of drug-likeness (QED) is 0.104. The van der Waals surface area contributed by atoms with E-state index in [1.807, 2.05) is 95.9 Å². The standard InChI is InChI=1S/C52H86N4O15/c1-15-38-52(10)44(70-49(61)71-52)34(6)56(13)29-30(2)27-50(8,62)43(68-47-41(58)37(55(11)12)26-31(3)64-47)32(4)42(33(5)46(59)66-38)67-40-28-51(9,63-14)45(35(7)65-40)69-48(60)54-24-19-22-39(57)53-25-23-36-20-17-16-18-21-36/h16-18,20-21,30-35,37-38,40-45,47,58,62H,15,19,22-29H2,1-14H3,(H,53,57)(H,54,60)/t30-,31-,32+,33-,34-,35+,37+,38-,40+,41-,42-,43-,44-,45+,47+,50+,51-,52-/m1/s1. The Balaban J connectivity index is 1.39. The Kier molecular flexibility index (Phi) is 20.5. The zero-order valence-corrected chi connectivity index (χ0v) is 44.7. The Labute approximate surface area is 421 Å². The first kappa shape index (κ1) is 58.2. The molecular weight excluding hydrogens is 921 g/mol. The van der Waals surface area contributed by atoms with E-state index in [1.54, 1.807) is 34.6 Å². The molecule has 5 rings (SSSR count).